The van der Waals surface area contributed by atoms with Crippen LogP contribution in [0.1, 0.15) is 5.82 Å². The number of halogens is 2. The minimum absolute atomic E-state index is 0.0752. The van der Waals surface area contributed by atoms with Crippen LogP contribution in [0.4, 0.5) is 8.78 Å². The SMILES string of the molecule is C=CCOC(F)(F)c1nc2c(oc3ccccc32)c(=O)[nH]1. The minimum Gasteiger partial charge on any atom is -0.449 e. The van der Waals surface area contributed by atoms with Gasteiger partial charge in [-0.2, -0.15) is 8.78 Å². The molecule has 2 aromatic heterocycles. The third kappa shape index (κ3) is 2.21. The fourth-order valence-electron chi connectivity index (χ4n) is 1.97. The molecule has 0 saturated heterocycles. The molecule has 3 rings (SSSR count). The summed E-state index contributed by atoms with van der Waals surface area (Å²) in [5, 5.41) is 0.486. The predicted octanol–water partition coefficient (Wildman–Crippen LogP) is 2.92. The van der Waals surface area contributed by atoms with Crippen LogP contribution in [0.15, 0.2) is 46.1 Å². The molecule has 0 amide bonds. The predicted molar refractivity (Wildman–Crippen MR) is 72.2 cm³/mol. The monoisotopic (exact) mass is 292 g/mol. The first-order valence-corrected chi connectivity index (χ1v) is 6.07. The maximum Gasteiger partial charge on any atom is 0.416 e. The molecule has 3 aromatic rings. The van der Waals surface area contributed by atoms with Crippen LogP contribution < -0.4 is 5.56 Å². The maximum absolute atomic E-state index is 13.8. The molecule has 0 radical (unpaired) electrons. The van der Waals surface area contributed by atoms with Gasteiger partial charge in [-0.3, -0.25) is 9.78 Å². The average Bonchev–Trinajstić information content (AvgIpc) is 2.85. The van der Waals surface area contributed by atoms with E-state index in [1.54, 1.807) is 24.3 Å². The molecule has 0 aliphatic rings. The van der Waals surface area contributed by atoms with Crippen LogP contribution in [0.5, 0.6) is 0 Å². The number of benzene rings is 1. The Labute approximate surface area is 116 Å². The van der Waals surface area contributed by atoms with Crippen LogP contribution in [0.3, 0.4) is 0 Å². The van der Waals surface area contributed by atoms with Gasteiger partial charge in [0, 0.05) is 5.39 Å². The number of hydrogen-bond acceptors (Lipinski definition) is 4. The van der Waals surface area contributed by atoms with Crippen LogP contribution in [0.2, 0.25) is 0 Å². The summed E-state index contributed by atoms with van der Waals surface area (Å²) in [4.78, 5) is 17.7. The topological polar surface area (TPSA) is 68.1 Å². The van der Waals surface area contributed by atoms with E-state index in [4.69, 9.17) is 4.42 Å². The van der Waals surface area contributed by atoms with E-state index in [1.165, 1.54) is 6.08 Å². The van der Waals surface area contributed by atoms with Gasteiger partial charge in [-0.05, 0) is 12.1 Å². The summed E-state index contributed by atoms with van der Waals surface area (Å²) >= 11 is 0. The largest absolute Gasteiger partial charge is 0.449 e. The zero-order valence-corrected chi connectivity index (χ0v) is 10.7. The van der Waals surface area contributed by atoms with Crippen LogP contribution in [-0.4, -0.2) is 16.6 Å². The highest BCUT2D eigenvalue weighted by atomic mass is 19.3. The maximum atomic E-state index is 13.8. The Morgan fingerprint density at radius 1 is 1.43 bits per heavy atom. The fourth-order valence-corrected chi connectivity index (χ4v) is 1.97. The quantitative estimate of drug-likeness (QED) is 0.751. The summed E-state index contributed by atoms with van der Waals surface area (Å²) in [6.07, 6.45) is -2.54. The van der Waals surface area contributed by atoms with Gasteiger partial charge in [0.05, 0.1) is 6.61 Å². The Kier molecular flexibility index (Phi) is 3.06. The third-order valence-electron chi connectivity index (χ3n) is 2.89. The van der Waals surface area contributed by atoms with Gasteiger partial charge in [0.25, 0.3) is 5.56 Å². The Morgan fingerprint density at radius 3 is 2.95 bits per heavy atom. The van der Waals surface area contributed by atoms with Gasteiger partial charge in [-0.1, -0.05) is 18.2 Å². The number of nitrogens with one attached hydrogen (secondary N) is 1. The molecule has 1 aromatic carbocycles. The molecule has 108 valence electrons. The van der Waals surface area contributed by atoms with Crippen molar-refractivity contribution in [1.82, 2.24) is 9.97 Å². The summed E-state index contributed by atoms with van der Waals surface area (Å²) in [5.41, 5.74) is -0.406. The van der Waals surface area contributed by atoms with E-state index >= 15 is 0 Å². The highest BCUT2D eigenvalue weighted by Crippen LogP contribution is 2.29. The first-order valence-electron chi connectivity index (χ1n) is 6.07. The van der Waals surface area contributed by atoms with E-state index in [2.05, 4.69) is 16.3 Å². The molecule has 5 nitrogen and oxygen atoms in total. The van der Waals surface area contributed by atoms with Crippen LogP contribution in [0, 0.1) is 0 Å². The molecular weight excluding hydrogens is 282 g/mol. The molecule has 0 spiro atoms. The second-order valence-corrected chi connectivity index (χ2v) is 4.31. The van der Waals surface area contributed by atoms with E-state index in [9.17, 15) is 13.6 Å². The summed E-state index contributed by atoms with van der Waals surface area (Å²) in [6, 6.07) is 6.68. The molecule has 0 unspecified atom stereocenters. The Balaban J connectivity index is 2.24. The van der Waals surface area contributed by atoms with E-state index in [0.717, 1.165) is 0 Å². The number of aromatic amines is 1. The zero-order chi connectivity index (χ0) is 15.0. The van der Waals surface area contributed by atoms with Crippen molar-refractivity contribution in [3.8, 4) is 0 Å². The lowest BCUT2D eigenvalue weighted by atomic mass is 10.2. The Hall–Kier alpha value is -2.54. The van der Waals surface area contributed by atoms with Gasteiger partial charge in [0.1, 0.15) is 11.1 Å². The molecule has 0 aliphatic carbocycles. The Bertz CT molecular complexity index is 883. The highest BCUT2D eigenvalue weighted by Gasteiger charge is 2.36. The third-order valence-corrected chi connectivity index (χ3v) is 2.89. The Morgan fingerprint density at radius 2 is 2.19 bits per heavy atom. The number of hydrogen-bond donors (Lipinski definition) is 1. The summed E-state index contributed by atoms with van der Waals surface area (Å²) in [7, 11) is 0. The summed E-state index contributed by atoms with van der Waals surface area (Å²) in [5.74, 6) is -0.867. The van der Waals surface area contributed by atoms with Crippen molar-refractivity contribution in [3.05, 3.63) is 53.1 Å². The van der Waals surface area contributed by atoms with Crippen molar-refractivity contribution >= 4 is 22.1 Å². The number of nitrogens with zero attached hydrogens (tertiary/aromatic N) is 1. The number of fused-ring (bicyclic) bond motifs is 3. The number of rotatable bonds is 4. The van der Waals surface area contributed by atoms with Gasteiger partial charge in [-0.25, -0.2) is 4.98 Å². The van der Waals surface area contributed by atoms with Crippen LogP contribution in [0.25, 0.3) is 22.1 Å². The average molecular weight is 292 g/mol. The number of para-hydroxylation sites is 1. The first-order chi connectivity index (χ1) is 10.0. The molecular formula is C14H10F2N2O3. The van der Waals surface area contributed by atoms with E-state index < -0.39 is 17.5 Å². The molecule has 0 bridgehead atoms. The van der Waals surface area contributed by atoms with Crippen molar-refractivity contribution < 1.29 is 17.9 Å². The van der Waals surface area contributed by atoms with Gasteiger partial charge in [0.2, 0.25) is 11.4 Å². The van der Waals surface area contributed by atoms with Gasteiger partial charge in [-0.15, -0.1) is 6.58 Å². The second-order valence-electron chi connectivity index (χ2n) is 4.31. The number of furan rings is 1. The molecule has 1 N–H and O–H groups in total. The fraction of sp³-hybridized carbons (Fsp3) is 0.143. The minimum atomic E-state index is -3.72. The van der Waals surface area contributed by atoms with E-state index in [-0.39, 0.29) is 17.7 Å². The number of H-pyrrole nitrogens is 1. The highest BCUT2D eigenvalue weighted by molar-refractivity contribution is 6.01. The van der Waals surface area contributed by atoms with Gasteiger partial charge in [0.15, 0.2) is 0 Å². The molecule has 0 aliphatic heterocycles. The summed E-state index contributed by atoms with van der Waals surface area (Å²) < 4.78 is 37.3. The van der Waals surface area contributed by atoms with Crippen molar-refractivity contribution in [2.24, 2.45) is 0 Å². The van der Waals surface area contributed by atoms with E-state index in [1.807, 2.05) is 4.98 Å². The number of alkyl halides is 2. The molecule has 0 atom stereocenters. The normalized spacial score (nSPS) is 12.1. The first kappa shape index (κ1) is 13.4. The van der Waals surface area contributed by atoms with E-state index in [0.29, 0.717) is 11.0 Å². The summed E-state index contributed by atoms with van der Waals surface area (Å²) in [6.45, 7) is 2.92. The molecule has 2 heterocycles. The lowest BCUT2D eigenvalue weighted by Gasteiger charge is -2.14. The lowest BCUT2D eigenvalue weighted by molar-refractivity contribution is -0.247. The zero-order valence-electron chi connectivity index (χ0n) is 10.7. The van der Waals surface area contributed by atoms with Crippen molar-refractivity contribution in [2.75, 3.05) is 6.61 Å². The smallest absolute Gasteiger partial charge is 0.416 e. The molecule has 21 heavy (non-hydrogen) atoms. The molecule has 0 saturated carbocycles. The standard InChI is InChI=1S/C14H10F2N2O3/c1-2-7-20-14(15,16)13-17-10-8-5-3-4-6-9(8)21-11(10)12(19)18-13/h2-6H,1,7H2,(H,17,18,19). The van der Waals surface area contributed by atoms with Crippen molar-refractivity contribution in [2.45, 2.75) is 6.11 Å². The number of aromatic nitrogens is 2. The van der Waals surface area contributed by atoms with Gasteiger partial charge >= 0.3 is 6.11 Å². The van der Waals surface area contributed by atoms with Crippen LogP contribution >= 0.6 is 0 Å². The molecule has 7 heteroatoms. The second kappa shape index (κ2) is 4.78. The van der Waals surface area contributed by atoms with Crippen molar-refractivity contribution in [3.63, 3.8) is 0 Å². The number of ether oxygens (including phenoxy) is 1. The lowest BCUT2D eigenvalue weighted by Crippen LogP contribution is -2.25. The molecule has 0 fully saturated rings. The van der Waals surface area contributed by atoms with Crippen LogP contribution in [-0.2, 0) is 10.8 Å². The van der Waals surface area contributed by atoms with Gasteiger partial charge < -0.3 is 9.15 Å². The van der Waals surface area contributed by atoms with Crippen molar-refractivity contribution in [1.29, 1.82) is 0 Å².